The molecule has 2 aromatic carbocycles. The van der Waals surface area contributed by atoms with Crippen LogP contribution in [0, 0.1) is 23.0 Å². The number of nitriles is 1. The zero-order valence-electron chi connectivity index (χ0n) is 16.6. The van der Waals surface area contributed by atoms with Crippen molar-refractivity contribution in [3.63, 3.8) is 0 Å². The van der Waals surface area contributed by atoms with Crippen LogP contribution in [0.3, 0.4) is 0 Å². The highest BCUT2D eigenvalue weighted by Crippen LogP contribution is 2.22. The Morgan fingerprint density at radius 1 is 1.10 bits per heavy atom. The molecule has 0 spiro atoms. The van der Waals surface area contributed by atoms with Gasteiger partial charge in [0.15, 0.2) is 0 Å². The molecule has 1 aliphatic heterocycles. The quantitative estimate of drug-likeness (QED) is 0.678. The lowest BCUT2D eigenvalue weighted by atomic mass is 10.1. The number of rotatable bonds is 7. The van der Waals surface area contributed by atoms with Gasteiger partial charge in [-0.3, -0.25) is 9.52 Å². The molecule has 0 bridgehead atoms. The highest BCUT2D eigenvalue weighted by Gasteiger charge is 2.22. The minimum Gasteiger partial charge on any atom is -0.372 e. The maximum absolute atomic E-state index is 13.9. The molecular weight excluding hydrogens is 426 g/mol. The second kappa shape index (κ2) is 9.75. The van der Waals surface area contributed by atoms with Crippen molar-refractivity contribution in [1.82, 2.24) is 5.32 Å². The molecule has 7 nitrogen and oxygen atoms in total. The van der Waals surface area contributed by atoms with Crippen molar-refractivity contribution >= 4 is 27.3 Å². The van der Waals surface area contributed by atoms with Gasteiger partial charge in [-0.1, -0.05) is 6.07 Å². The Bertz CT molecular complexity index is 1080. The third-order valence-electron chi connectivity index (χ3n) is 4.89. The molecule has 1 aliphatic rings. The summed E-state index contributed by atoms with van der Waals surface area (Å²) in [5, 5.41) is 11.3. The monoisotopic (exact) mass is 448 g/mol. The van der Waals surface area contributed by atoms with Gasteiger partial charge in [0.05, 0.1) is 6.07 Å². The fraction of sp³-hybridized carbons (Fsp3) is 0.333. The molecule has 1 amide bonds. The second-order valence-electron chi connectivity index (χ2n) is 7.25. The van der Waals surface area contributed by atoms with Gasteiger partial charge in [0.25, 0.3) is 0 Å². The molecule has 3 rings (SSSR count). The van der Waals surface area contributed by atoms with Gasteiger partial charge in [0.2, 0.25) is 15.9 Å². The minimum atomic E-state index is -4.06. The van der Waals surface area contributed by atoms with E-state index >= 15 is 0 Å². The SMILES string of the molecule is N#CC(NC(=O)CS(=O)(=O)Nc1ccc(N2CCCCC2)cc1)c1ccc(F)cc1F. The van der Waals surface area contributed by atoms with Crippen LogP contribution in [0.2, 0.25) is 0 Å². The Balaban J connectivity index is 1.60. The topological polar surface area (TPSA) is 102 Å². The molecule has 164 valence electrons. The molecule has 1 atom stereocenters. The van der Waals surface area contributed by atoms with Crippen molar-refractivity contribution in [2.45, 2.75) is 25.3 Å². The molecule has 1 saturated heterocycles. The number of sulfonamides is 1. The molecule has 31 heavy (non-hydrogen) atoms. The largest absolute Gasteiger partial charge is 0.372 e. The molecule has 2 aromatic rings. The van der Waals surface area contributed by atoms with E-state index in [1.54, 1.807) is 18.2 Å². The predicted octanol–water partition coefficient (Wildman–Crippen LogP) is 3.08. The van der Waals surface area contributed by atoms with Crippen LogP contribution in [0.5, 0.6) is 0 Å². The number of halogens is 2. The van der Waals surface area contributed by atoms with E-state index in [0.29, 0.717) is 11.8 Å². The Morgan fingerprint density at radius 2 is 1.77 bits per heavy atom. The summed E-state index contributed by atoms with van der Waals surface area (Å²) in [5.41, 5.74) is 1.05. The number of carbonyl (C=O) groups is 1. The maximum Gasteiger partial charge on any atom is 0.241 e. The molecule has 1 fully saturated rings. The molecule has 2 N–H and O–H groups in total. The lowest BCUT2D eigenvalue weighted by Crippen LogP contribution is -2.35. The molecule has 0 radical (unpaired) electrons. The maximum atomic E-state index is 13.9. The van der Waals surface area contributed by atoms with Crippen LogP contribution in [0.25, 0.3) is 0 Å². The van der Waals surface area contributed by atoms with Gasteiger partial charge in [-0.25, -0.2) is 17.2 Å². The minimum absolute atomic E-state index is 0.254. The van der Waals surface area contributed by atoms with E-state index in [9.17, 15) is 27.3 Å². The number of anilines is 2. The predicted molar refractivity (Wildman–Crippen MR) is 113 cm³/mol. The summed E-state index contributed by atoms with van der Waals surface area (Å²) in [6, 6.07) is 9.62. The van der Waals surface area contributed by atoms with Gasteiger partial charge < -0.3 is 10.2 Å². The Labute approximate surface area is 179 Å². The number of hydrogen-bond acceptors (Lipinski definition) is 5. The van der Waals surface area contributed by atoms with Crippen molar-refractivity contribution in [2.75, 3.05) is 28.5 Å². The van der Waals surface area contributed by atoms with Crippen molar-refractivity contribution in [2.24, 2.45) is 0 Å². The van der Waals surface area contributed by atoms with Gasteiger partial charge in [-0.2, -0.15) is 5.26 Å². The van der Waals surface area contributed by atoms with Crippen LogP contribution in [0.1, 0.15) is 30.9 Å². The first-order valence-electron chi connectivity index (χ1n) is 9.77. The van der Waals surface area contributed by atoms with Crippen LogP contribution in [0.15, 0.2) is 42.5 Å². The van der Waals surface area contributed by atoms with E-state index < -0.39 is 39.4 Å². The average Bonchev–Trinajstić information content (AvgIpc) is 2.73. The van der Waals surface area contributed by atoms with Crippen molar-refractivity contribution in [3.05, 3.63) is 59.7 Å². The van der Waals surface area contributed by atoms with Crippen molar-refractivity contribution in [3.8, 4) is 6.07 Å². The zero-order valence-corrected chi connectivity index (χ0v) is 17.5. The fourth-order valence-corrected chi connectivity index (χ4v) is 4.39. The molecular formula is C21H22F2N4O3S. The van der Waals surface area contributed by atoms with E-state index in [4.69, 9.17) is 0 Å². The van der Waals surface area contributed by atoms with Gasteiger partial charge in [0, 0.05) is 36.1 Å². The van der Waals surface area contributed by atoms with Gasteiger partial charge >= 0.3 is 0 Å². The Hall–Kier alpha value is -3.19. The number of amides is 1. The number of benzene rings is 2. The van der Waals surface area contributed by atoms with Crippen LogP contribution in [-0.2, 0) is 14.8 Å². The van der Waals surface area contributed by atoms with Crippen LogP contribution in [0.4, 0.5) is 20.2 Å². The normalized spacial score (nSPS) is 15.1. The van der Waals surface area contributed by atoms with Crippen LogP contribution in [-0.4, -0.2) is 33.2 Å². The highest BCUT2D eigenvalue weighted by atomic mass is 32.2. The third-order valence-corrected chi connectivity index (χ3v) is 6.08. The smallest absolute Gasteiger partial charge is 0.241 e. The summed E-state index contributed by atoms with van der Waals surface area (Å²) in [6.45, 7) is 1.92. The molecule has 0 aromatic heterocycles. The molecule has 1 unspecified atom stereocenters. The first kappa shape index (κ1) is 22.5. The summed E-state index contributed by atoms with van der Waals surface area (Å²) >= 11 is 0. The standard InChI is InChI=1S/C21H22F2N4O3S/c22-15-4-9-18(19(23)12-15)20(13-24)25-21(28)14-31(29,30)26-16-5-7-17(8-6-16)27-10-2-1-3-11-27/h4-9,12,20,26H,1-3,10-11,14H2,(H,25,28). The number of piperidine rings is 1. The number of nitrogens with zero attached hydrogens (tertiary/aromatic N) is 2. The first-order valence-corrected chi connectivity index (χ1v) is 11.4. The summed E-state index contributed by atoms with van der Waals surface area (Å²) in [6.07, 6.45) is 3.45. The first-order chi connectivity index (χ1) is 14.8. The van der Waals surface area contributed by atoms with Crippen molar-refractivity contribution < 1.29 is 22.0 Å². The summed E-state index contributed by atoms with van der Waals surface area (Å²) in [5.74, 6) is -3.79. The second-order valence-corrected chi connectivity index (χ2v) is 8.97. The van der Waals surface area contributed by atoms with Crippen molar-refractivity contribution in [1.29, 1.82) is 5.26 Å². The molecule has 0 aliphatic carbocycles. The number of carbonyl (C=O) groups excluding carboxylic acids is 1. The summed E-state index contributed by atoms with van der Waals surface area (Å²) < 4.78 is 53.9. The van der Waals surface area contributed by atoms with E-state index in [-0.39, 0.29) is 5.56 Å². The van der Waals surface area contributed by atoms with E-state index in [2.05, 4.69) is 14.9 Å². The highest BCUT2D eigenvalue weighted by molar-refractivity contribution is 7.93. The van der Waals surface area contributed by atoms with Crippen LogP contribution >= 0.6 is 0 Å². The van der Waals surface area contributed by atoms with E-state index in [1.807, 2.05) is 12.1 Å². The van der Waals surface area contributed by atoms with E-state index in [0.717, 1.165) is 43.8 Å². The summed E-state index contributed by atoms with van der Waals surface area (Å²) in [4.78, 5) is 14.4. The number of hydrogen-bond donors (Lipinski definition) is 2. The lowest BCUT2D eigenvalue weighted by molar-refractivity contribution is -0.119. The van der Waals surface area contributed by atoms with E-state index in [1.165, 1.54) is 6.42 Å². The van der Waals surface area contributed by atoms with Crippen LogP contribution < -0.4 is 14.9 Å². The third kappa shape index (κ3) is 6.15. The number of nitrogens with one attached hydrogen (secondary N) is 2. The average molecular weight is 448 g/mol. The van der Waals surface area contributed by atoms with Gasteiger partial charge in [-0.15, -0.1) is 0 Å². The Morgan fingerprint density at radius 3 is 2.39 bits per heavy atom. The molecule has 10 heteroatoms. The zero-order chi connectivity index (χ0) is 22.4. The molecule has 1 heterocycles. The summed E-state index contributed by atoms with van der Waals surface area (Å²) in [7, 11) is -4.06. The van der Waals surface area contributed by atoms with Gasteiger partial charge in [0.1, 0.15) is 23.4 Å². The van der Waals surface area contributed by atoms with Gasteiger partial charge in [-0.05, 0) is 49.6 Å². The lowest BCUT2D eigenvalue weighted by Gasteiger charge is -2.28. The fourth-order valence-electron chi connectivity index (χ4n) is 3.40. The Kier molecular flexibility index (Phi) is 7.07. The molecule has 0 saturated carbocycles.